The molecule has 0 aliphatic heterocycles. The van der Waals surface area contributed by atoms with E-state index >= 15 is 0 Å². The minimum atomic E-state index is -0.652. The van der Waals surface area contributed by atoms with E-state index < -0.39 is 5.82 Å². The molecule has 0 spiro atoms. The molecule has 0 heterocycles. The van der Waals surface area contributed by atoms with Crippen molar-refractivity contribution >= 4 is 5.69 Å². The van der Waals surface area contributed by atoms with E-state index in [9.17, 15) is 9.30 Å². The fourth-order valence-corrected chi connectivity index (χ4v) is 1.26. The Bertz CT molecular complexity index is 350. The van der Waals surface area contributed by atoms with Crippen molar-refractivity contribution in [2.24, 2.45) is 5.18 Å². The van der Waals surface area contributed by atoms with Crippen molar-refractivity contribution in [2.45, 2.75) is 19.8 Å². The van der Waals surface area contributed by atoms with Crippen LogP contribution >= 0.6 is 0 Å². The zero-order valence-electron chi connectivity index (χ0n) is 8.37. The third kappa shape index (κ3) is 1.89. The monoisotopic (exact) mass is 197 g/mol. The zero-order chi connectivity index (χ0) is 10.7. The molecule has 3 nitrogen and oxygen atoms in total. The molecule has 0 radical (unpaired) electrons. The number of halogens is 1. The predicted octanol–water partition coefficient (Wildman–Crippen LogP) is 3.36. The van der Waals surface area contributed by atoms with Gasteiger partial charge in [0.05, 0.1) is 7.11 Å². The average molecular weight is 197 g/mol. The first-order chi connectivity index (χ1) is 6.60. The van der Waals surface area contributed by atoms with Crippen LogP contribution in [0, 0.1) is 10.7 Å². The lowest BCUT2D eigenvalue weighted by Gasteiger charge is -2.11. The number of rotatable bonds is 3. The first kappa shape index (κ1) is 10.6. The van der Waals surface area contributed by atoms with Gasteiger partial charge in [-0.3, -0.25) is 0 Å². The molecule has 0 amide bonds. The summed E-state index contributed by atoms with van der Waals surface area (Å²) < 4.78 is 18.1. The highest BCUT2D eigenvalue weighted by Crippen LogP contribution is 2.32. The van der Waals surface area contributed by atoms with Crippen molar-refractivity contribution in [2.75, 3.05) is 7.11 Å². The fourth-order valence-electron chi connectivity index (χ4n) is 1.26. The quantitative estimate of drug-likeness (QED) is 0.697. The van der Waals surface area contributed by atoms with E-state index in [0.717, 1.165) is 5.56 Å². The second-order valence-electron chi connectivity index (χ2n) is 3.29. The van der Waals surface area contributed by atoms with Crippen LogP contribution in [0.5, 0.6) is 5.75 Å². The molecule has 0 aliphatic carbocycles. The number of ether oxygens (including phenoxy) is 1. The van der Waals surface area contributed by atoms with Gasteiger partial charge < -0.3 is 4.74 Å². The van der Waals surface area contributed by atoms with Crippen LogP contribution < -0.4 is 4.74 Å². The average Bonchev–Trinajstić information content (AvgIpc) is 2.16. The molecule has 14 heavy (non-hydrogen) atoms. The molecule has 0 fully saturated rings. The summed E-state index contributed by atoms with van der Waals surface area (Å²) in [5.74, 6) is -0.0443. The van der Waals surface area contributed by atoms with Crippen molar-refractivity contribution in [3.63, 3.8) is 0 Å². The van der Waals surface area contributed by atoms with Gasteiger partial charge in [0.1, 0.15) is 11.4 Å². The van der Waals surface area contributed by atoms with E-state index in [1.165, 1.54) is 19.2 Å². The van der Waals surface area contributed by atoms with E-state index in [1.807, 2.05) is 13.8 Å². The van der Waals surface area contributed by atoms with E-state index in [2.05, 4.69) is 5.18 Å². The number of nitrogens with zero attached hydrogens (tertiary/aromatic N) is 1. The van der Waals surface area contributed by atoms with E-state index in [-0.39, 0.29) is 11.6 Å². The summed E-state index contributed by atoms with van der Waals surface area (Å²) in [5, 5.41) is 2.61. The van der Waals surface area contributed by atoms with Crippen molar-refractivity contribution in [3.8, 4) is 5.75 Å². The second kappa shape index (κ2) is 4.17. The van der Waals surface area contributed by atoms with Crippen LogP contribution in [0.4, 0.5) is 10.1 Å². The van der Waals surface area contributed by atoms with Crippen LogP contribution in [0.2, 0.25) is 0 Å². The largest absolute Gasteiger partial charge is 0.496 e. The van der Waals surface area contributed by atoms with E-state index in [1.54, 1.807) is 0 Å². The summed E-state index contributed by atoms with van der Waals surface area (Å²) in [4.78, 5) is 10.3. The van der Waals surface area contributed by atoms with E-state index in [0.29, 0.717) is 5.75 Å². The lowest BCUT2D eigenvalue weighted by molar-refractivity contribution is 0.404. The maximum atomic E-state index is 13.1. The number of methoxy groups -OCH3 is 1. The minimum Gasteiger partial charge on any atom is -0.496 e. The lowest BCUT2D eigenvalue weighted by Crippen LogP contribution is -1.95. The molecule has 4 heteroatoms. The van der Waals surface area contributed by atoms with Gasteiger partial charge in [-0.2, -0.15) is 0 Å². The number of hydrogen-bond acceptors (Lipinski definition) is 3. The Balaban J connectivity index is 3.32. The Kier molecular flexibility index (Phi) is 3.17. The fraction of sp³-hybridized carbons (Fsp3) is 0.400. The van der Waals surface area contributed by atoms with Gasteiger partial charge in [0, 0.05) is 6.07 Å². The van der Waals surface area contributed by atoms with Gasteiger partial charge in [-0.1, -0.05) is 13.8 Å². The summed E-state index contributed by atoms with van der Waals surface area (Å²) >= 11 is 0. The predicted molar refractivity (Wildman–Crippen MR) is 52.5 cm³/mol. The molecule has 0 saturated carbocycles. The first-order valence-corrected chi connectivity index (χ1v) is 4.31. The van der Waals surface area contributed by atoms with Crippen LogP contribution in [0.15, 0.2) is 17.3 Å². The van der Waals surface area contributed by atoms with Gasteiger partial charge in [-0.15, -0.1) is 4.91 Å². The molecule has 0 saturated heterocycles. The smallest absolute Gasteiger partial charge is 0.156 e. The molecule has 0 N–H and O–H groups in total. The molecule has 0 bridgehead atoms. The molecular formula is C10H12FNO2. The molecule has 0 aromatic heterocycles. The molecule has 1 aromatic carbocycles. The molecule has 0 unspecified atom stereocenters. The van der Waals surface area contributed by atoms with Crippen molar-refractivity contribution in [3.05, 3.63) is 28.4 Å². The summed E-state index contributed by atoms with van der Waals surface area (Å²) in [6, 6.07) is 2.61. The van der Waals surface area contributed by atoms with Crippen LogP contribution in [0.25, 0.3) is 0 Å². The van der Waals surface area contributed by atoms with Gasteiger partial charge >= 0.3 is 0 Å². The maximum Gasteiger partial charge on any atom is 0.156 e. The normalized spacial score (nSPS) is 10.4. The van der Waals surface area contributed by atoms with Crippen molar-refractivity contribution < 1.29 is 9.13 Å². The Hall–Kier alpha value is -1.45. The van der Waals surface area contributed by atoms with Crippen LogP contribution in [-0.2, 0) is 0 Å². The summed E-state index contributed by atoms with van der Waals surface area (Å²) in [6.45, 7) is 3.87. The topological polar surface area (TPSA) is 38.7 Å². The molecule has 76 valence electrons. The highest BCUT2D eigenvalue weighted by atomic mass is 19.1. The van der Waals surface area contributed by atoms with Gasteiger partial charge in [-0.25, -0.2) is 4.39 Å². The third-order valence-corrected chi connectivity index (χ3v) is 2.02. The lowest BCUT2D eigenvalue weighted by atomic mass is 10.0. The number of nitroso groups, excluding NO2 is 1. The molecule has 0 atom stereocenters. The van der Waals surface area contributed by atoms with Gasteiger partial charge in [0.25, 0.3) is 0 Å². The highest BCUT2D eigenvalue weighted by molar-refractivity contribution is 5.49. The summed E-state index contributed by atoms with van der Waals surface area (Å²) in [6.07, 6.45) is 0. The van der Waals surface area contributed by atoms with Gasteiger partial charge in [0.15, 0.2) is 5.82 Å². The SMILES string of the molecule is COc1cc(F)c(N=O)cc1C(C)C. The Labute approximate surface area is 81.9 Å². The van der Waals surface area contributed by atoms with Crippen molar-refractivity contribution in [1.29, 1.82) is 0 Å². The molecule has 1 aromatic rings. The summed E-state index contributed by atoms with van der Waals surface area (Å²) in [5.41, 5.74) is 0.609. The van der Waals surface area contributed by atoms with Crippen LogP contribution in [0.3, 0.4) is 0 Å². The second-order valence-corrected chi connectivity index (χ2v) is 3.29. The van der Waals surface area contributed by atoms with Crippen LogP contribution in [0.1, 0.15) is 25.3 Å². The standard InChI is InChI=1S/C10H12FNO2/c1-6(2)7-4-9(12-13)8(11)5-10(7)14-3/h4-6H,1-3H3. The molecular weight excluding hydrogens is 185 g/mol. The molecule has 0 aliphatic rings. The van der Waals surface area contributed by atoms with E-state index in [4.69, 9.17) is 4.74 Å². The van der Waals surface area contributed by atoms with Gasteiger partial charge in [0.2, 0.25) is 0 Å². The first-order valence-electron chi connectivity index (χ1n) is 4.31. The molecule has 1 rings (SSSR count). The highest BCUT2D eigenvalue weighted by Gasteiger charge is 2.13. The number of benzene rings is 1. The Morgan fingerprint density at radius 2 is 2.07 bits per heavy atom. The van der Waals surface area contributed by atoms with Crippen molar-refractivity contribution in [1.82, 2.24) is 0 Å². The van der Waals surface area contributed by atoms with Crippen LogP contribution in [-0.4, -0.2) is 7.11 Å². The minimum absolute atomic E-state index is 0.158. The Morgan fingerprint density at radius 3 is 2.50 bits per heavy atom. The number of hydrogen-bond donors (Lipinski definition) is 0. The Morgan fingerprint density at radius 1 is 1.43 bits per heavy atom. The zero-order valence-corrected chi connectivity index (χ0v) is 8.37. The summed E-state index contributed by atoms with van der Waals surface area (Å²) in [7, 11) is 1.47. The van der Waals surface area contributed by atoms with Gasteiger partial charge in [-0.05, 0) is 22.7 Å². The maximum absolute atomic E-state index is 13.1. The third-order valence-electron chi connectivity index (χ3n) is 2.02.